The third-order valence-electron chi connectivity index (χ3n) is 0.996. The van der Waals surface area contributed by atoms with Crippen LogP contribution in [0.1, 0.15) is 0 Å². The van der Waals surface area contributed by atoms with E-state index in [4.69, 9.17) is 11.5 Å². The van der Waals surface area contributed by atoms with Crippen LogP contribution in [0, 0.1) is 0 Å². The smallest absolute Gasteiger partial charge is 0.316 e. The third-order valence-corrected chi connectivity index (χ3v) is 0.996. The molecule has 0 bridgehead atoms. The first kappa shape index (κ1) is 9.19. The van der Waals surface area contributed by atoms with Gasteiger partial charge in [0.05, 0.1) is 0 Å². The van der Waals surface area contributed by atoms with Crippen molar-refractivity contribution in [2.24, 2.45) is 11.5 Å². The zero-order chi connectivity index (χ0) is 7.98. The van der Waals surface area contributed by atoms with Crippen LogP contribution >= 0.6 is 0 Å². The maximum absolute atomic E-state index is 10.5. The van der Waals surface area contributed by atoms with Gasteiger partial charge in [0.1, 0.15) is 6.73 Å². The van der Waals surface area contributed by atoms with Crippen molar-refractivity contribution < 1.29 is 9.53 Å². The summed E-state index contributed by atoms with van der Waals surface area (Å²) < 4.78 is 4.69. The lowest BCUT2D eigenvalue weighted by Gasteiger charge is -2.17. The fourth-order valence-electron chi connectivity index (χ4n) is 0.550. The molecule has 10 heavy (non-hydrogen) atoms. The van der Waals surface area contributed by atoms with Crippen LogP contribution in [0.2, 0.25) is 0 Å². The number of primary amides is 1. The van der Waals surface area contributed by atoms with Gasteiger partial charge < -0.3 is 21.1 Å². The summed E-state index contributed by atoms with van der Waals surface area (Å²) in [5.41, 5.74) is 10.2. The lowest BCUT2D eigenvalue weighted by molar-refractivity contribution is 0.0880. The van der Waals surface area contributed by atoms with Crippen molar-refractivity contribution in [3.63, 3.8) is 0 Å². The Balaban J connectivity index is 3.61. The zero-order valence-corrected chi connectivity index (χ0v) is 6.04. The molecular formula is C5H13N3O2. The van der Waals surface area contributed by atoms with Gasteiger partial charge in [0.2, 0.25) is 0 Å². The standard InChI is InChI=1S/C5H13N3O2/c1-10-4-8(3-2-6)5(7)9/h2-4,6H2,1H3,(H2,7,9). The molecule has 0 radical (unpaired) electrons. The molecule has 0 aliphatic carbocycles. The maximum atomic E-state index is 10.5. The molecule has 5 heteroatoms. The quantitative estimate of drug-likeness (QED) is 0.497. The molecule has 5 nitrogen and oxygen atoms in total. The second kappa shape index (κ2) is 5.01. The van der Waals surface area contributed by atoms with E-state index in [1.54, 1.807) is 0 Å². The minimum atomic E-state index is -0.507. The molecule has 0 aromatic heterocycles. The summed E-state index contributed by atoms with van der Waals surface area (Å²) in [5.74, 6) is 0. The SMILES string of the molecule is COCN(CCN)C(N)=O. The van der Waals surface area contributed by atoms with Gasteiger partial charge in [-0.3, -0.25) is 0 Å². The van der Waals surface area contributed by atoms with E-state index in [1.165, 1.54) is 12.0 Å². The van der Waals surface area contributed by atoms with Crippen molar-refractivity contribution in [1.82, 2.24) is 4.90 Å². The molecule has 2 amide bonds. The summed E-state index contributed by atoms with van der Waals surface area (Å²) in [5, 5.41) is 0. The molecule has 0 saturated carbocycles. The van der Waals surface area contributed by atoms with Gasteiger partial charge in [0.25, 0.3) is 0 Å². The van der Waals surface area contributed by atoms with E-state index in [2.05, 4.69) is 4.74 Å². The summed E-state index contributed by atoms with van der Waals surface area (Å²) in [6.45, 7) is 1.03. The number of amides is 2. The number of ether oxygens (including phenoxy) is 1. The number of carbonyl (C=O) groups is 1. The average Bonchev–Trinajstić information content (AvgIpc) is 1.87. The number of hydrogen-bond donors (Lipinski definition) is 2. The van der Waals surface area contributed by atoms with Gasteiger partial charge in [0.15, 0.2) is 0 Å². The average molecular weight is 147 g/mol. The van der Waals surface area contributed by atoms with E-state index in [0.29, 0.717) is 13.1 Å². The van der Waals surface area contributed by atoms with Crippen LogP contribution < -0.4 is 11.5 Å². The van der Waals surface area contributed by atoms with Gasteiger partial charge >= 0.3 is 6.03 Å². The van der Waals surface area contributed by atoms with Crippen molar-refractivity contribution in [2.45, 2.75) is 0 Å². The van der Waals surface area contributed by atoms with Crippen molar-refractivity contribution >= 4 is 6.03 Å². The van der Waals surface area contributed by atoms with E-state index in [1.807, 2.05) is 0 Å². The molecule has 0 aromatic rings. The van der Waals surface area contributed by atoms with Gasteiger partial charge in [-0.05, 0) is 0 Å². The van der Waals surface area contributed by atoms with Crippen LogP contribution in [0.15, 0.2) is 0 Å². The van der Waals surface area contributed by atoms with Crippen LogP contribution in [-0.4, -0.2) is 37.9 Å². The zero-order valence-electron chi connectivity index (χ0n) is 6.04. The second-order valence-electron chi connectivity index (χ2n) is 1.81. The van der Waals surface area contributed by atoms with Gasteiger partial charge in [-0.15, -0.1) is 0 Å². The fraction of sp³-hybridized carbons (Fsp3) is 0.800. The Morgan fingerprint density at radius 1 is 1.70 bits per heavy atom. The molecule has 0 aromatic carbocycles. The Bertz CT molecular complexity index is 101. The van der Waals surface area contributed by atoms with Gasteiger partial charge in [-0.25, -0.2) is 4.79 Å². The predicted molar refractivity (Wildman–Crippen MR) is 37.2 cm³/mol. The fourth-order valence-corrected chi connectivity index (χ4v) is 0.550. The first-order valence-electron chi connectivity index (χ1n) is 2.95. The minimum Gasteiger partial charge on any atom is -0.364 e. The number of carbonyl (C=O) groups excluding carboxylic acids is 1. The van der Waals surface area contributed by atoms with E-state index in [-0.39, 0.29) is 6.73 Å². The normalized spacial score (nSPS) is 9.40. The highest BCUT2D eigenvalue weighted by Crippen LogP contribution is 1.84. The molecule has 60 valence electrons. The Hall–Kier alpha value is -0.810. The monoisotopic (exact) mass is 147 g/mol. The van der Waals surface area contributed by atoms with Crippen LogP contribution in [-0.2, 0) is 4.74 Å². The first-order chi connectivity index (χ1) is 4.72. The molecule has 0 atom stereocenters. The number of rotatable bonds is 4. The van der Waals surface area contributed by atoms with Crippen molar-refractivity contribution in [1.29, 1.82) is 0 Å². The summed E-state index contributed by atoms with van der Waals surface area (Å²) in [6, 6.07) is -0.507. The van der Waals surface area contributed by atoms with Crippen LogP contribution in [0.25, 0.3) is 0 Å². The lowest BCUT2D eigenvalue weighted by Crippen LogP contribution is -2.40. The van der Waals surface area contributed by atoms with Crippen LogP contribution in [0.3, 0.4) is 0 Å². The Morgan fingerprint density at radius 2 is 2.30 bits per heavy atom. The van der Waals surface area contributed by atoms with Crippen LogP contribution in [0.5, 0.6) is 0 Å². The van der Waals surface area contributed by atoms with Crippen molar-refractivity contribution in [3.05, 3.63) is 0 Å². The summed E-state index contributed by atoms with van der Waals surface area (Å²) in [7, 11) is 1.49. The summed E-state index contributed by atoms with van der Waals surface area (Å²) in [6.07, 6.45) is 0. The second-order valence-corrected chi connectivity index (χ2v) is 1.81. The molecule has 0 unspecified atom stereocenters. The molecule has 0 heterocycles. The third kappa shape index (κ3) is 3.26. The Labute approximate surface area is 59.9 Å². The van der Waals surface area contributed by atoms with E-state index >= 15 is 0 Å². The molecule has 4 N–H and O–H groups in total. The molecule has 0 aliphatic rings. The van der Waals surface area contributed by atoms with Gasteiger partial charge in [0, 0.05) is 20.2 Å². The van der Waals surface area contributed by atoms with E-state index in [9.17, 15) is 4.79 Å². The summed E-state index contributed by atoms with van der Waals surface area (Å²) >= 11 is 0. The molecule has 0 aliphatic heterocycles. The Kier molecular flexibility index (Phi) is 4.61. The van der Waals surface area contributed by atoms with Gasteiger partial charge in [-0.2, -0.15) is 0 Å². The largest absolute Gasteiger partial charge is 0.364 e. The number of hydrogen-bond acceptors (Lipinski definition) is 3. The highest BCUT2D eigenvalue weighted by Gasteiger charge is 2.05. The highest BCUT2D eigenvalue weighted by molar-refractivity contribution is 5.71. The Morgan fingerprint density at radius 3 is 2.60 bits per heavy atom. The highest BCUT2D eigenvalue weighted by atomic mass is 16.5. The van der Waals surface area contributed by atoms with E-state index in [0.717, 1.165) is 0 Å². The number of urea groups is 1. The first-order valence-corrected chi connectivity index (χ1v) is 2.95. The molecule has 0 fully saturated rings. The minimum absolute atomic E-state index is 0.201. The molecule has 0 rings (SSSR count). The van der Waals surface area contributed by atoms with Crippen molar-refractivity contribution in [3.8, 4) is 0 Å². The lowest BCUT2D eigenvalue weighted by atomic mass is 10.6. The number of nitrogens with zero attached hydrogens (tertiary/aromatic N) is 1. The number of nitrogens with two attached hydrogens (primary N) is 2. The molecule has 0 saturated heterocycles. The molecular weight excluding hydrogens is 134 g/mol. The topological polar surface area (TPSA) is 81.6 Å². The maximum Gasteiger partial charge on any atom is 0.316 e. The molecule has 0 spiro atoms. The van der Waals surface area contributed by atoms with Crippen LogP contribution in [0.4, 0.5) is 4.79 Å². The summed E-state index contributed by atoms with van der Waals surface area (Å²) in [4.78, 5) is 11.8. The van der Waals surface area contributed by atoms with Crippen molar-refractivity contribution in [2.75, 3.05) is 26.9 Å². The van der Waals surface area contributed by atoms with E-state index < -0.39 is 6.03 Å². The number of methoxy groups -OCH3 is 1. The predicted octanol–water partition coefficient (Wildman–Crippen LogP) is -1.07. The van der Waals surface area contributed by atoms with Gasteiger partial charge in [-0.1, -0.05) is 0 Å².